The molecular weight excluding hydrogens is 950 g/mol. The van der Waals surface area contributed by atoms with Gasteiger partial charge in [0.05, 0.1) is 5.69 Å². The lowest BCUT2D eigenvalue weighted by atomic mass is 9.30. The summed E-state index contributed by atoms with van der Waals surface area (Å²) in [5.41, 5.74) is 32.6. The third-order valence-corrected chi connectivity index (χ3v) is 21.3. The molecule has 400 valence electrons. The smallest absolute Gasteiger partial charge is 0.247 e. The molecule has 0 N–H and O–H groups in total. The maximum absolute atomic E-state index is 2.81. The zero-order chi connectivity index (χ0) is 55.5. The highest BCUT2D eigenvalue weighted by atomic mass is 15.2. The zero-order valence-corrected chi connectivity index (χ0v) is 50.4. The quantitative estimate of drug-likeness (QED) is 0.118. The molecule has 13 rings (SSSR count). The van der Waals surface area contributed by atoms with Gasteiger partial charge in [-0.1, -0.05) is 229 Å². The first-order valence-corrected chi connectivity index (χ1v) is 30.2. The van der Waals surface area contributed by atoms with Crippen molar-refractivity contribution in [3.05, 3.63) is 224 Å². The van der Waals surface area contributed by atoms with Crippen molar-refractivity contribution in [3.8, 4) is 22.3 Å². The Kier molecular flexibility index (Phi) is 11.7. The van der Waals surface area contributed by atoms with Crippen LogP contribution in [0.15, 0.2) is 152 Å². The summed E-state index contributed by atoms with van der Waals surface area (Å²) in [6.07, 6.45) is 7.36. The van der Waals surface area contributed by atoms with Crippen LogP contribution in [0.3, 0.4) is 0 Å². The van der Waals surface area contributed by atoms with Gasteiger partial charge in [0.25, 0.3) is 0 Å². The number of fused-ring (bicyclic) bond motifs is 8. The average molecular weight is 1030 g/mol. The van der Waals surface area contributed by atoms with E-state index in [2.05, 4.69) is 260 Å². The second-order valence-corrected chi connectivity index (χ2v) is 29.3. The SMILES string of the molecule is Cc1cc2c3c(c1)N(c1cc4c(cc1-c1ccccc1)C(C)(C)CCC4(C)C)c1cc(C(c4ccc(C(C)(C)C)cc4C)c4ccc(C(C)(C)C)cc4C)ccc1B3c1cc(-c3ccccc3)cc3c1C2C1(C)CCCCC31C. The molecule has 2 aliphatic heterocycles. The zero-order valence-electron chi connectivity index (χ0n) is 50.4. The Labute approximate surface area is 475 Å². The molecule has 3 atom stereocenters. The molecule has 0 spiro atoms. The van der Waals surface area contributed by atoms with Gasteiger partial charge in [-0.15, -0.1) is 0 Å². The molecule has 0 amide bonds. The average Bonchev–Trinajstić information content (AvgIpc) is 3.94. The van der Waals surface area contributed by atoms with Crippen LogP contribution in [0.4, 0.5) is 17.1 Å². The number of rotatable bonds is 6. The van der Waals surface area contributed by atoms with Crippen molar-refractivity contribution in [2.45, 2.75) is 181 Å². The number of benzene rings is 8. The van der Waals surface area contributed by atoms with Gasteiger partial charge in [-0.3, -0.25) is 0 Å². The number of hydrogen-bond acceptors (Lipinski definition) is 1. The molecule has 0 saturated heterocycles. The van der Waals surface area contributed by atoms with Gasteiger partial charge in [-0.05, 0) is 203 Å². The lowest BCUT2D eigenvalue weighted by Crippen LogP contribution is -2.62. The number of anilines is 3. The molecule has 0 bridgehead atoms. The van der Waals surface area contributed by atoms with E-state index in [1.807, 2.05) is 0 Å². The Balaban J connectivity index is 1.16. The number of hydrogen-bond donors (Lipinski definition) is 0. The van der Waals surface area contributed by atoms with E-state index in [0.29, 0.717) is 5.92 Å². The molecule has 2 heterocycles. The van der Waals surface area contributed by atoms with Gasteiger partial charge in [0.1, 0.15) is 0 Å². The number of nitrogens with zero attached hydrogens (tertiary/aromatic N) is 1. The first-order valence-electron chi connectivity index (χ1n) is 30.2. The van der Waals surface area contributed by atoms with Gasteiger partial charge < -0.3 is 4.90 Å². The maximum atomic E-state index is 2.81. The van der Waals surface area contributed by atoms with E-state index in [1.165, 1.54) is 143 Å². The van der Waals surface area contributed by atoms with Crippen LogP contribution >= 0.6 is 0 Å². The summed E-state index contributed by atoms with van der Waals surface area (Å²) in [5.74, 6) is 0.311. The summed E-state index contributed by atoms with van der Waals surface area (Å²) < 4.78 is 0. The monoisotopic (exact) mass is 1030 g/mol. The van der Waals surface area contributed by atoms with E-state index in [0.717, 1.165) is 6.42 Å². The molecule has 3 unspecified atom stereocenters. The first kappa shape index (κ1) is 52.0. The first-order chi connectivity index (χ1) is 37.4. The number of aryl methyl sites for hydroxylation is 3. The molecule has 1 saturated carbocycles. The molecule has 0 radical (unpaired) electrons. The lowest BCUT2D eigenvalue weighted by Gasteiger charge is -2.51. The van der Waals surface area contributed by atoms with E-state index >= 15 is 0 Å². The van der Waals surface area contributed by atoms with Gasteiger partial charge >= 0.3 is 0 Å². The fraction of sp³-hybridized carbons (Fsp3) is 0.377. The summed E-state index contributed by atoms with van der Waals surface area (Å²) in [6, 6.07) is 61.2. The molecule has 8 aromatic rings. The summed E-state index contributed by atoms with van der Waals surface area (Å²) >= 11 is 0. The van der Waals surface area contributed by atoms with Crippen molar-refractivity contribution in [3.63, 3.8) is 0 Å². The topological polar surface area (TPSA) is 3.24 Å². The van der Waals surface area contributed by atoms with E-state index in [1.54, 1.807) is 16.7 Å². The molecule has 79 heavy (non-hydrogen) atoms. The minimum absolute atomic E-state index is 0.00549. The van der Waals surface area contributed by atoms with Gasteiger partial charge in [0.15, 0.2) is 0 Å². The Morgan fingerprint density at radius 2 is 1.08 bits per heavy atom. The van der Waals surface area contributed by atoms with Crippen molar-refractivity contribution >= 4 is 40.2 Å². The van der Waals surface area contributed by atoms with E-state index in [-0.39, 0.29) is 45.1 Å². The van der Waals surface area contributed by atoms with E-state index < -0.39 is 0 Å². The van der Waals surface area contributed by atoms with Crippen LogP contribution in [0.25, 0.3) is 22.3 Å². The van der Waals surface area contributed by atoms with E-state index in [9.17, 15) is 0 Å². The van der Waals surface area contributed by atoms with E-state index in [4.69, 9.17) is 0 Å². The highest BCUT2D eigenvalue weighted by Crippen LogP contribution is 2.68. The highest BCUT2D eigenvalue weighted by molar-refractivity contribution is 6.99. The minimum Gasteiger partial charge on any atom is -0.311 e. The van der Waals surface area contributed by atoms with Crippen molar-refractivity contribution in [2.75, 3.05) is 4.90 Å². The fourth-order valence-corrected chi connectivity index (χ4v) is 16.4. The third-order valence-electron chi connectivity index (χ3n) is 21.3. The van der Waals surface area contributed by atoms with Crippen LogP contribution in [-0.4, -0.2) is 6.71 Å². The molecular formula is C77H84BN. The largest absolute Gasteiger partial charge is 0.311 e. The van der Waals surface area contributed by atoms with Gasteiger partial charge in [-0.25, -0.2) is 0 Å². The van der Waals surface area contributed by atoms with Crippen molar-refractivity contribution in [2.24, 2.45) is 5.41 Å². The van der Waals surface area contributed by atoms with Crippen LogP contribution < -0.4 is 21.3 Å². The predicted octanol–water partition coefficient (Wildman–Crippen LogP) is 18.7. The van der Waals surface area contributed by atoms with Gasteiger partial charge in [0, 0.05) is 28.8 Å². The van der Waals surface area contributed by atoms with Crippen LogP contribution in [0.1, 0.15) is 206 Å². The van der Waals surface area contributed by atoms with Crippen LogP contribution in [0, 0.1) is 26.2 Å². The van der Waals surface area contributed by atoms with Crippen LogP contribution in [0.2, 0.25) is 0 Å². The molecule has 8 aromatic carbocycles. The molecule has 5 aliphatic rings. The minimum atomic E-state index is 0.00549. The van der Waals surface area contributed by atoms with Crippen LogP contribution in [-0.2, 0) is 27.1 Å². The Morgan fingerprint density at radius 1 is 0.494 bits per heavy atom. The Bertz CT molecular complexity index is 3720. The van der Waals surface area contributed by atoms with Crippen molar-refractivity contribution < 1.29 is 0 Å². The Hall–Kier alpha value is -6.38. The second-order valence-electron chi connectivity index (χ2n) is 29.3. The molecule has 3 aliphatic carbocycles. The van der Waals surface area contributed by atoms with Crippen LogP contribution in [0.5, 0.6) is 0 Å². The summed E-state index contributed by atoms with van der Waals surface area (Å²) in [4.78, 5) is 2.81. The third kappa shape index (κ3) is 7.90. The molecule has 1 fully saturated rings. The maximum Gasteiger partial charge on any atom is 0.247 e. The standard InChI is InChI=1S/C77H84BN/c1-47-38-59-70-69-62(76(14)34-22-23-35-77(70,76)15)42-53(50-24-18-16-19-25-50)43-64(69)78-63-33-28-52(68(56-31-29-54(40-48(56)2)72(4,5)6)57-32-30-55(41-49(57)3)73(7,8)9)44-66(63)79(67(39-47)71(59)78)65-46-61-60(74(10,11)36-37-75(61,12)13)45-58(65)51-26-20-17-21-27-51/h16-21,24-33,38-46,68,70H,22-23,34-37H2,1-15H3. The summed E-state index contributed by atoms with van der Waals surface area (Å²) in [5, 5.41) is 0. The highest BCUT2D eigenvalue weighted by Gasteiger charge is 2.62. The fourth-order valence-electron chi connectivity index (χ4n) is 16.4. The summed E-state index contributed by atoms with van der Waals surface area (Å²) in [7, 11) is 0. The van der Waals surface area contributed by atoms with Crippen molar-refractivity contribution in [1.82, 2.24) is 0 Å². The normalized spacial score (nSPS) is 21.3. The second kappa shape index (κ2) is 17.8. The molecule has 0 aromatic heterocycles. The molecule has 1 nitrogen and oxygen atoms in total. The lowest BCUT2D eigenvalue weighted by molar-refractivity contribution is 0.0926. The van der Waals surface area contributed by atoms with Crippen molar-refractivity contribution in [1.29, 1.82) is 0 Å². The predicted molar refractivity (Wildman–Crippen MR) is 340 cm³/mol. The van der Waals surface area contributed by atoms with Gasteiger partial charge in [-0.2, -0.15) is 0 Å². The molecule has 2 heteroatoms. The van der Waals surface area contributed by atoms with Gasteiger partial charge in [0.2, 0.25) is 6.71 Å². The summed E-state index contributed by atoms with van der Waals surface area (Å²) in [6.45, 7) is 36.6. The Morgan fingerprint density at radius 3 is 1.67 bits per heavy atom.